The Kier molecular flexibility index (Phi) is 7.70. The first-order chi connectivity index (χ1) is 11.3. The summed E-state index contributed by atoms with van der Waals surface area (Å²) in [5, 5.41) is 6.63. The Morgan fingerprint density at radius 1 is 1.17 bits per heavy atom. The molecule has 0 aromatic carbocycles. The van der Waals surface area contributed by atoms with Gasteiger partial charge in [0.05, 0.1) is 6.54 Å². The van der Waals surface area contributed by atoms with Crippen LogP contribution in [-0.4, -0.2) is 37.1 Å². The Balaban J connectivity index is 2.00. The van der Waals surface area contributed by atoms with E-state index in [-0.39, 0.29) is 0 Å². The molecule has 1 aromatic heterocycles. The summed E-state index contributed by atoms with van der Waals surface area (Å²) in [5.41, 5.74) is 1.22. The zero-order valence-electron chi connectivity index (χ0n) is 14.6. The standard InChI is InChI=1S/C18H31N5/c1-3-10-21-18(19-4-2)22-15-16-9-11-20-17(14-16)23-12-7-5-6-8-13-23/h9,11,14H,3-8,10,12-13,15H2,1-2H3,(H2,19,21,22). The van der Waals surface area contributed by atoms with E-state index >= 15 is 0 Å². The average Bonchev–Trinajstić information content (AvgIpc) is 2.87. The van der Waals surface area contributed by atoms with E-state index in [0.29, 0.717) is 6.54 Å². The molecular weight excluding hydrogens is 286 g/mol. The van der Waals surface area contributed by atoms with Gasteiger partial charge < -0.3 is 15.5 Å². The fourth-order valence-corrected chi connectivity index (χ4v) is 2.79. The summed E-state index contributed by atoms with van der Waals surface area (Å²) >= 11 is 0. The van der Waals surface area contributed by atoms with Gasteiger partial charge in [0.1, 0.15) is 5.82 Å². The van der Waals surface area contributed by atoms with Crippen LogP contribution in [0.5, 0.6) is 0 Å². The van der Waals surface area contributed by atoms with E-state index < -0.39 is 0 Å². The molecule has 1 saturated heterocycles. The first-order valence-electron chi connectivity index (χ1n) is 9.05. The molecule has 23 heavy (non-hydrogen) atoms. The van der Waals surface area contributed by atoms with E-state index in [2.05, 4.69) is 51.5 Å². The summed E-state index contributed by atoms with van der Waals surface area (Å²) in [7, 11) is 0. The summed E-state index contributed by atoms with van der Waals surface area (Å²) in [5.74, 6) is 1.99. The molecule has 1 aliphatic rings. The van der Waals surface area contributed by atoms with E-state index in [0.717, 1.165) is 44.4 Å². The highest BCUT2D eigenvalue weighted by Crippen LogP contribution is 2.18. The van der Waals surface area contributed by atoms with E-state index in [1.54, 1.807) is 0 Å². The normalized spacial score (nSPS) is 16.1. The Morgan fingerprint density at radius 3 is 2.65 bits per heavy atom. The molecular formula is C18H31N5. The Hall–Kier alpha value is -1.78. The van der Waals surface area contributed by atoms with Crippen LogP contribution in [0, 0.1) is 0 Å². The second-order valence-electron chi connectivity index (χ2n) is 6.05. The quantitative estimate of drug-likeness (QED) is 0.626. The van der Waals surface area contributed by atoms with Crippen LogP contribution in [0.3, 0.4) is 0 Å². The molecule has 0 unspecified atom stereocenters. The summed E-state index contributed by atoms with van der Waals surface area (Å²) < 4.78 is 0. The zero-order valence-corrected chi connectivity index (χ0v) is 14.6. The Morgan fingerprint density at radius 2 is 1.96 bits per heavy atom. The Labute approximate surface area is 140 Å². The number of guanidine groups is 1. The number of anilines is 1. The van der Waals surface area contributed by atoms with Crippen LogP contribution >= 0.6 is 0 Å². The molecule has 0 bridgehead atoms. The molecule has 128 valence electrons. The lowest BCUT2D eigenvalue weighted by atomic mass is 10.2. The minimum Gasteiger partial charge on any atom is -0.357 e. The number of nitrogens with zero attached hydrogens (tertiary/aromatic N) is 3. The van der Waals surface area contributed by atoms with Crippen molar-refractivity contribution in [3.63, 3.8) is 0 Å². The van der Waals surface area contributed by atoms with Gasteiger partial charge in [-0.05, 0) is 43.9 Å². The maximum Gasteiger partial charge on any atom is 0.191 e. The molecule has 0 amide bonds. The van der Waals surface area contributed by atoms with Gasteiger partial charge in [-0.25, -0.2) is 9.98 Å². The predicted octanol–water partition coefficient (Wildman–Crippen LogP) is 2.93. The molecule has 2 heterocycles. The smallest absolute Gasteiger partial charge is 0.191 e. The summed E-state index contributed by atoms with van der Waals surface area (Å²) in [6, 6.07) is 4.26. The highest BCUT2D eigenvalue weighted by molar-refractivity contribution is 5.79. The monoisotopic (exact) mass is 317 g/mol. The third-order valence-corrected chi connectivity index (χ3v) is 4.05. The van der Waals surface area contributed by atoms with Crippen LogP contribution in [0.4, 0.5) is 5.82 Å². The lowest BCUT2D eigenvalue weighted by Gasteiger charge is -2.21. The third kappa shape index (κ3) is 6.08. The van der Waals surface area contributed by atoms with Gasteiger partial charge in [0.25, 0.3) is 0 Å². The largest absolute Gasteiger partial charge is 0.357 e. The summed E-state index contributed by atoms with van der Waals surface area (Å²) in [4.78, 5) is 11.7. The number of hydrogen-bond acceptors (Lipinski definition) is 3. The van der Waals surface area contributed by atoms with Gasteiger partial charge in [-0.3, -0.25) is 0 Å². The fourth-order valence-electron chi connectivity index (χ4n) is 2.79. The molecule has 0 radical (unpaired) electrons. The van der Waals surface area contributed by atoms with Crippen molar-refractivity contribution in [2.24, 2.45) is 4.99 Å². The van der Waals surface area contributed by atoms with Crippen molar-refractivity contribution in [3.8, 4) is 0 Å². The maximum atomic E-state index is 4.67. The highest BCUT2D eigenvalue weighted by atomic mass is 15.2. The highest BCUT2D eigenvalue weighted by Gasteiger charge is 2.11. The molecule has 1 fully saturated rings. The van der Waals surface area contributed by atoms with Crippen molar-refractivity contribution < 1.29 is 0 Å². The van der Waals surface area contributed by atoms with Gasteiger partial charge in [0.2, 0.25) is 0 Å². The lowest BCUT2D eigenvalue weighted by molar-refractivity contribution is 0.726. The molecule has 1 aliphatic heterocycles. The van der Waals surface area contributed by atoms with Gasteiger partial charge in [-0.2, -0.15) is 0 Å². The van der Waals surface area contributed by atoms with Gasteiger partial charge in [-0.15, -0.1) is 0 Å². The maximum absolute atomic E-state index is 4.67. The molecule has 1 aromatic rings. The number of rotatable bonds is 6. The summed E-state index contributed by atoms with van der Waals surface area (Å²) in [6.45, 7) is 9.01. The lowest BCUT2D eigenvalue weighted by Crippen LogP contribution is -2.37. The number of hydrogen-bond donors (Lipinski definition) is 2. The summed E-state index contributed by atoms with van der Waals surface area (Å²) in [6.07, 6.45) is 8.24. The second kappa shape index (κ2) is 10.1. The van der Waals surface area contributed by atoms with Crippen LogP contribution < -0.4 is 15.5 Å². The van der Waals surface area contributed by atoms with Crippen molar-refractivity contribution in [2.75, 3.05) is 31.1 Å². The number of pyridine rings is 1. The van der Waals surface area contributed by atoms with Crippen LogP contribution in [0.25, 0.3) is 0 Å². The number of aromatic nitrogens is 1. The topological polar surface area (TPSA) is 52.6 Å². The van der Waals surface area contributed by atoms with E-state index in [4.69, 9.17) is 0 Å². The van der Waals surface area contributed by atoms with Crippen molar-refractivity contribution in [2.45, 2.75) is 52.5 Å². The third-order valence-electron chi connectivity index (χ3n) is 4.05. The van der Waals surface area contributed by atoms with Gasteiger partial charge >= 0.3 is 0 Å². The van der Waals surface area contributed by atoms with Crippen LogP contribution in [0.2, 0.25) is 0 Å². The first kappa shape index (κ1) is 17.6. The molecule has 0 spiro atoms. The molecule has 2 rings (SSSR count). The van der Waals surface area contributed by atoms with Crippen LogP contribution in [0.15, 0.2) is 23.3 Å². The molecule has 0 saturated carbocycles. The van der Waals surface area contributed by atoms with Crippen molar-refractivity contribution in [1.29, 1.82) is 0 Å². The van der Waals surface area contributed by atoms with E-state index in [1.807, 2.05) is 6.20 Å². The van der Waals surface area contributed by atoms with Crippen LogP contribution in [0.1, 0.15) is 51.5 Å². The van der Waals surface area contributed by atoms with Gasteiger partial charge in [0.15, 0.2) is 5.96 Å². The van der Waals surface area contributed by atoms with Gasteiger partial charge in [0, 0.05) is 32.4 Å². The fraction of sp³-hybridized carbons (Fsp3) is 0.667. The number of nitrogens with one attached hydrogen (secondary N) is 2. The van der Waals surface area contributed by atoms with Crippen molar-refractivity contribution in [3.05, 3.63) is 23.9 Å². The van der Waals surface area contributed by atoms with Crippen molar-refractivity contribution >= 4 is 11.8 Å². The zero-order chi connectivity index (χ0) is 16.3. The van der Waals surface area contributed by atoms with Gasteiger partial charge in [-0.1, -0.05) is 19.8 Å². The van der Waals surface area contributed by atoms with Crippen molar-refractivity contribution in [1.82, 2.24) is 15.6 Å². The molecule has 5 nitrogen and oxygen atoms in total. The molecule has 2 N–H and O–H groups in total. The SMILES string of the molecule is CCCNC(=NCc1ccnc(N2CCCCCC2)c1)NCC. The Bertz CT molecular complexity index is 478. The first-order valence-corrected chi connectivity index (χ1v) is 9.05. The molecule has 5 heteroatoms. The van der Waals surface area contributed by atoms with E-state index in [9.17, 15) is 0 Å². The minimum absolute atomic E-state index is 0.683. The van der Waals surface area contributed by atoms with E-state index in [1.165, 1.54) is 31.2 Å². The molecule has 0 aliphatic carbocycles. The molecule has 0 atom stereocenters. The average molecular weight is 317 g/mol. The second-order valence-corrected chi connectivity index (χ2v) is 6.05. The predicted molar refractivity (Wildman–Crippen MR) is 98.0 cm³/mol. The minimum atomic E-state index is 0.683. The number of aliphatic imine (C=N–C) groups is 1. The van der Waals surface area contributed by atoms with Crippen LogP contribution in [-0.2, 0) is 6.54 Å².